The van der Waals surface area contributed by atoms with E-state index < -0.39 is 0 Å². The lowest BCUT2D eigenvalue weighted by molar-refractivity contribution is 0.287. The van der Waals surface area contributed by atoms with Gasteiger partial charge in [-0.2, -0.15) is 4.98 Å². The second kappa shape index (κ2) is 6.74. The maximum absolute atomic E-state index is 5.87. The van der Waals surface area contributed by atoms with Crippen molar-refractivity contribution in [3.8, 4) is 28.7 Å². The lowest BCUT2D eigenvalue weighted by Gasteiger charge is -2.03. The molecule has 0 unspecified atom stereocenters. The third-order valence-electron chi connectivity index (χ3n) is 3.39. The monoisotopic (exact) mass is 354 g/mol. The molecule has 0 fully saturated rings. The smallest absolute Gasteiger partial charge is 0.258 e. The highest BCUT2D eigenvalue weighted by molar-refractivity contribution is 6.30. The molecule has 0 amide bonds. The van der Waals surface area contributed by atoms with Crippen molar-refractivity contribution < 1.29 is 13.7 Å². The van der Waals surface area contributed by atoms with E-state index in [1.807, 2.05) is 24.3 Å². The fraction of sp³-hybridized carbons (Fsp3) is 0.0588. The largest absolute Gasteiger partial charge is 0.485 e. The molecule has 7 nitrogen and oxygen atoms in total. The Labute approximate surface area is 147 Å². The van der Waals surface area contributed by atoms with Crippen LogP contribution in [0.15, 0.2) is 63.9 Å². The molecule has 4 rings (SSSR count). The third-order valence-corrected chi connectivity index (χ3v) is 3.64. The summed E-state index contributed by atoms with van der Waals surface area (Å²) in [7, 11) is 0. The van der Waals surface area contributed by atoms with Crippen LogP contribution in [0.5, 0.6) is 5.75 Å². The van der Waals surface area contributed by atoms with E-state index in [0.29, 0.717) is 28.4 Å². The standard InChI is InChI=1S/C17H11ClN4O3/c18-13-5-1-11(2-6-13)16-20-15(22-25-16)9-23-14-7-3-12(4-8-14)17-21-19-10-24-17/h1-8,10H,9H2. The Bertz CT molecular complexity index is 950. The summed E-state index contributed by atoms with van der Waals surface area (Å²) in [4.78, 5) is 4.30. The van der Waals surface area contributed by atoms with Crippen molar-refractivity contribution in [1.29, 1.82) is 0 Å². The van der Waals surface area contributed by atoms with Crippen molar-refractivity contribution in [1.82, 2.24) is 20.3 Å². The molecule has 0 bridgehead atoms. The van der Waals surface area contributed by atoms with Crippen LogP contribution in [0.4, 0.5) is 0 Å². The first-order valence-electron chi connectivity index (χ1n) is 7.36. The zero-order chi connectivity index (χ0) is 17.1. The quantitative estimate of drug-likeness (QED) is 0.534. The number of benzene rings is 2. The minimum Gasteiger partial charge on any atom is -0.485 e. The maximum Gasteiger partial charge on any atom is 0.258 e. The number of rotatable bonds is 5. The van der Waals surface area contributed by atoms with E-state index in [1.54, 1.807) is 24.3 Å². The molecular formula is C17H11ClN4O3. The Morgan fingerprint density at radius 1 is 0.920 bits per heavy atom. The van der Waals surface area contributed by atoms with E-state index in [9.17, 15) is 0 Å². The zero-order valence-corrected chi connectivity index (χ0v) is 13.6. The number of ether oxygens (including phenoxy) is 1. The van der Waals surface area contributed by atoms with Crippen LogP contribution in [-0.2, 0) is 6.61 Å². The van der Waals surface area contributed by atoms with Gasteiger partial charge in [-0.3, -0.25) is 0 Å². The Balaban J connectivity index is 1.41. The van der Waals surface area contributed by atoms with Crippen LogP contribution in [0.1, 0.15) is 5.82 Å². The second-order valence-corrected chi connectivity index (χ2v) is 5.52. The Hall–Kier alpha value is -3.19. The van der Waals surface area contributed by atoms with Crippen molar-refractivity contribution in [2.45, 2.75) is 6.61 Å². The number of nitrogens with zero attached hydrogens (tertiary/aromatic N) is 4. The van der Waals surface area contributed by atoms with Crippen LogP contribution in [0.25, 0.3) is 22.9 Å². The summed E-state index contributed by atoms with van der Waals surface area (Å²) in [6.07, 6.45) is 1.29. The molecule has 124 valence electrons. The molecule has 0 N–H and O–H groups in total. The molecule has 0 aliphatic heterocycles. The summed E-state index contributed by atoms with van der Waals surface area (Å²) in [5.41, 5.74) is 1.61. The molecule has 0 radical (unpaired) electrons. The van der Waals surface area contributed by atoms with Gasteiger partial charge in [-0.25, -0.2) is 0 Å². The maximum atomic E-state index is 5.87. The van der Waals surface area contributed by atoms with Gasteiger partial charge in [0.1, 0.15) is 5.75 Å². The predicted molar refractivity (Wildman–Crippen MR) is 88.8 cm³/mol. The summed E-state index contributed by atoms with van der Waals surface area (Å²) in [6, 6.07) is 14.4. The van der Waals surface area contributed by atoms with Crippen LogP contribution in [0.3, 0.4) is 0 Å². The molecule has 0 saturated heterocycles. The molecular weight excluding hydrogens is 344 g/mol. The molecule has 2 aromatic heterocycles. The lowest BCUT2D eigenvalue weighted by atomic mass is 10.2. The van der Waals surface area contributed by atoms with Gasteiger partial charge in [-0.15, -0.1) is 10.2 Å². The molecule has 2 aromatic carbocycles. The highest BCUT2D eigenvalue weighted by Gasteiger charge is 2.10. The van der Waals surface area contributed by atoms with Crippen molar-refractivity contribution in [2.75, 3.05) is 0 Å². The van der Waals surface area contributed by atoms with Crippen LogP contribution >= 0.6 is 11.6 Å². The molecule has 0 aliphatic rings. The summed E-state index contributed by atoms with van der Waals surface area (Å²) in [6.45, 7) is 0.191. The highest BCUT2D eigenvalue weighted by Crippen LogP contribution is 2.22. The average molecular weight is 355 g/mol. The number of aromatic nitrogens is 4. The third kappa shape index (κ3) is 3.51. The van der Waals surface area contributed by atoms with E-state index in [-0.39, 0.29) is 6.61 Å². The van der Waals surface area contributed by atoms with E-state index in [4.69, 9.17) is 25.3 Å². The van der Waals surface area contributed by atoms with Crippen molar-refractivity contribution >= 4 is 11.6 Å². The molecule has 0 saturated carbocycles. The van der Waals surface area contributed by atoms with Gasteiger partial charge in [0.2, 0.25) is 18.1 Å². The van der Waals surface area contributed by atoms with E-state index >= 15 is 0 Å². The summed E-state index contributed by atoms with van der Waals surface area (Å²) in [5.74, 6) is 1.99. The molecule has 4 aromatic rings. The molecule has 0 spiro atoms. The van der Waals surface area contributed by atoms with Gasteiger partial charge in [0.05, 0.1) is 0 Å². The average Bonchev–Trinajstić information content (AvgIpc) is 3.33. The van der Waals surface area contributed by atoms with Gasteiger partial charge in [0.15, 0.2) is 6.61 Å². The van der Waals surface area contributed by atoms with Crippen molar-refractivity contribution in [3.63, 3.8) is 0 Å². The van der Waals surface area contributed by atoms with Crippen LogP contribution in [-0.4, -0.2) is 20.3 Å². The van der Waals surface area contributed by atoms with E-state index in [2.05, 4.69) is 20.3 Å². The summed E-state index contributed by atoms with van der Waals surface area (Å²) in [5, 5.41) is 12.1. The normalized spacial score (nSPS) is 10.8. The van der Waals surface area contributed by atoms with Crippen LogP contribution in [0.2, 0.25) is 5.02 Å². The van der Waals surface area contributed by atoms with Gasteiger partial charge in [-0.05, 0) is 48.5 Å². The Morgan fingerprint density at radius 3 is 2.36 bits per heavy atom. The SMILES string of the molecule is Clc1ccc(-c2nc(COc3ccc(-c4nnco4)cc3)no2)cc1. The van der Waals surface area contributed by atoms with Gasteiger partial charge < -0.3 is 13.7 Å². The zero-order valence-electron chi connectivity index (χ0n) is 12.8. The Kier molecular flexibility index (Phi) is 4.14. The molecule has 0 aliphatic carbocycles. The first-order valence-corrected chi connectivity index (χ1v) is 7.74. The first kappa shape index (κ1) is 15.3. The van der Waals surface area contributed by atoms with Crippen molar-refractivity contribution in [3.05, 3.63) is 65.8 Å². The molecule has 2 heterocycles. The van der Waals surface area contributed by atoms with Gasteiger partial charge in [0.25, 0.3) is 5.89 Å². The Morgan fingerprint density at radius 2 is 1.64 bits per heavy atom. The lowest BCUT2D eigenvalue weighted by Crippen LogP contribution is -1.97. The highest BCUT2D eigenvalue weighted by atomic mass is 35.5. The minimum absolute atomic E-state index is 0.191. The molecule has 25 heavy (non-hydrogen) atoms. The summed E-state index contributed by atoms with van der Waals surface area (Å²) >= 11 is 5.87. The minimum atomic E-state index is 0.191. The van der Waals surface area contributed by atoms with Gasteiger partial charge in [-0.1, -0.05) is 16.8 Å². The second-order valence-electron chi connectivity index (χ2n) is 5.08. The predicted octanol–water partition coefficient (Wildman–Crippen LogP) is 4.02. The molecule has 0 atom stereocenters. The van der Waals surface area contributed by atoms with Gasteiger partial charge in [0, 0.05) is 16.1 Å². The van der Waals surface area contributed by atoms with E-state index in [1.165, 1.54) is 6.39 Å². The first-order chi connectivity index (χ1) is 12.3. The van der Waals surface area contributed by atoms with Crippen LogP contribution < -0.4 is 4.74 Å². The number of hydrogen-bond donors (Lipinski definition) is 0. The summed E-state index contributed by atoms with van der Waals surface area (Å²) < 4.78 is 16.0. The topological polar surface area (TPSA) is 87.1 Å². The van der Waals surface area contributed by atoms with E-state index in [0.717, 1.165) is 11.1 Å². The van der Waals surface area contributed by atoms with Crippen molar-refractivity contribution in [2.24, 2.45) is 0 Å². The van der Waals surface area contributed by atoms with Crippen LogP contribution in [0, 0.1) is 0 Å². The number of hydrogen-bond acceptors (Lipinski definition) is 7. The van der Waals surface area contributed by atoms with Gasteiger partial charge >= 0.3 is 0 Å². The fourth-order valence-electron chi connectivity index (χ4n) is 2.16. The molecule has 8 heteroatoms. The fourth-order valence-corrected chi connectivity index (χ4v) is 2.29. The number of halogens is 1.